The van der Waals surface area contributed by atoms with Crippen molar-refractivity contribution in [3.05, 3.63) is 29.3 Å². The Bertz CT molecular complexity index is 384. The molecule has 80 valence electrons. The van der Waals surface area contributed by atoms with Gasteiger partial charge in [0.15, 0.2) is 0 Å². The Kier molecular flexibility index (Phi) is 2.62. The van der Waals surface area contributed by atoms with Crippen LogP contribution in [0.5, 0.6) is 5.75 Å². The summed E-state index contributed by atoms with van der Waals surface area (Å²) in [6.07, 6.45) is 2.46. The highest BCUT2D eigenvalue weighted by molar-refractivity contribution is 5.66. The third-order valence-electron chi connectivity index (χ3n) is 2.71. The first kappa shape index (κ1) is 10.0. The lowest BCUT2D eigenvalue weighted by Gasteiger charge is -2.24. The van der Waals surface area contributed by atoms with Gasteiger partial charge in [0.2, 0.25) is 0 Å². The molecule has 3 nitrogen and oxygen atoms in total. The minimum absolute atomic E-state index is 0.0307. The zero-order valence-corrected chi connectivity index (χ0v) is 8.69. The van der Waals surface area contributed by atoms with E-state index in [0.717, 1.165) is 18.4 Å². The van der Waals surface area contributed by atoms with E-state index in [9.17, 15) is 9.90 Å². The Labute approximate surface area is 88.7 Å². The molecule has 3 heteroatoms. The van der Waals surface area contributed by atoms with Gasteiger partial charge in [-0.2, -0.15) is 0 Å². The molecule has 0 amide bonds. The third kappa shape index (κ3) is 2.29. The Balaban J connectivity index is 2.14. The molecule has 0 aromatic heterocycles. The van der Waals surface area contributed by atoms with Crippen molar-refractivity contribution < 1.29 is 14.6 Å². The van der Waals surface area contributed by atoms with Gasteiger partial charge >= 0.3 is 5.97 Å². The average molecular weight is 206 g/mol. The van der Waals surface area contributed by atoms with Gasteiger partial charge in [-0.25, -0.2) is 0 Å². The predicted molar refractivity (Wildman–Crippen MR) is 55.7 cm³/mol. The monoisotopic (exact) mass is 206 g/mol. The largest absolute Gasteiger partial charge is 0.508 e. The maximum atomic E-state index is 10.8. The molecule has 1 aliphatic rings. The molecule has 0 fully saturated rings. The summed E-state index contributed by atoms with van der Waals surface area (Å²) in [5, 5.41) is 9.35. The van der Waals surface area contributed by atoms with Gasteiger partial charge in [0, 0.05) is 13.3 Å². The van der Waals surface area contributed by atoms with Crippen LogP contribution < -0.4 is 0 Å². The number of carbonyl (C=O) groups excluding carboxylic acids is 1. The van der Waals surface area contributed by atoms with Crippen LogP contribution in [0, 0.1) is 0 Å². The second kappa shape index (κ2) is 3.93. The Hall–Kier alpha value is -1.51. The summed E-state index contributed by atoms with van der Waals surface area (Å²) >= 11 is 0. The highest BCUT2D eigenvalue weighted by Gasteiger charge is 2.20. The average Bonchev–Trinajstić information content (AvgIpc) is 2.16. The molecule has 1 N–H and O–H groups in total. The molecule has 0 saturated carbocycles. The zero-order chi connectivity index (χ0) is 10.8. The van der Waals surface area contributed by atoms with Crippen LogP contribution in [0.3, 0.4) is 0 Å². The molecule has 0 bridgehead atoms. The lowest BCUT2D eigenvalue weighted by atomic mass is 9.89. The predicted octanol–water partition coefficient (Wildman–Crippen LogP) is 1.81. The normalized spacial score (nSPS) is 19.4. The van der Waals surface area contributed by atoms with Crippen LogP contribution in [0.2, 0.25) is 0 Å². The maximum Gasteiger partial charge on any atom is 0.302 e. The molecule has 15 heavy (non-hydrogen) atoms. The van der Waals surface area contributed by atoms with Crippen LogP contribution in [-0.4, -0.2) is 17.2 Å². The zero-order valence-electron chi connectivity index (χ0n) is 8.69. The van der Waals surface area contributed by atoms with Crippen LogP contribution in [0.1, 0.15) is 24.5 Å². The van der Waals surface area contributed by atoms with E-state index in [-0.39, 0.29) is 17.8 Å². The van der Waals surface area contributed by atoms with Crippen LogP contribution in [0.4, 0.5) is 0 Å². The fraction of sp³-hybridized carbons (Fsp3) is 0.417. The highest BCUT2D eigenvalue weighted by Crippen LogP contribution is 2.26. The first-order chi connectivity index (χ1) is 7.15. The number of esters is 1. The topological polar surface area (TPSA) is 46.5 Å². The van der Waals surface area contributed by atoms with Crippen LogP contribution >= 0.6 is 0 Å². The van der Waals surface area contributed by atoms with E-state index in [1.807, 2.05) is 6.07 Å². The maximum absolute atomic E-state index is 10.8. The van der Waals surface area contributed by atoms with Crippen molar-refractivity contribution in [3.8, 4) is 5.75 Å². The van der Waals surface area contributed by atoms with Gasteiger partial charge < -0.3 is 9.84 Å². The Morgan fingerprint density at radius 3 is 3.00 bits per heavy atom. The van der Waals surface area contributed by atoms with Gasteiger partial charge in [-0.15, -0.1) is 0 Å². The smallest absolute Gasteiger partial charge is 0.302 e. The van der Waals surface area contributed by atoms with Crippen molar-refractivity contribution in [1.29, 1.82) is 0 Å². The Morgan fingerprint density at radius 2 is 2.27 bits per heavy atom. The van der Waals surface area contributed by atoms with E-state index in [2.05, 4.69) is 0 Å². The minimum Gasteiger partial charge on any atom is -0.508 e. The number of phenolic OH excluding ortho intramolecular Hbond substituents is 1. The quantitative estimate of drug-likeness (QED) is 0.713. The van der Waals surface area contributed by atoms with Gasteiger partial charge in [-0.3, -0.25) is 4.79 Å². The second-order valence-electron chi connectivity index (χ2n) is 3.93. The molecule has 1 aromatic rings. The molecule has 1 unspecified atom stereocenters. The molecule has 2 rings (SSSR count). The molecular weight excluding hydrogens is 192 g/mol. The first-order valence-corrected chi connectivity index (χ1v) is 5.13. The fourth-order valence-electron chi connectivity index (χ4n) is 2.05. The summed E-state index contributed by atoms with van der Waals surface area (Å²) in [5.74, 6) is 0.0424. The van der Waals surface area contributed by atoms with Crippen molar-refractivity contribution in [2.45, 2.75) is 32.3 Å². The number of rotatable bonds is 1. The lowest BCUT2D eigenvalue weighted by Crippen LogP contribution is -2.24. The van der Waals surface area contributed by atoms with Crippen molar-refractivity contribution in [2.24, 2.45) is 0 Å². The summed E-state index contributed by atoms with van der Waals surface area (Å²) < 4.78 is 5.17. The molecule has 0 radical (unpaired) electrons. The number of benzene rings is 1. The van der Waals surface area contributed by atoms with Gasteiger partial charge in [0.25, 0.3) is 0 Å². The van der Waals surface area contributed by atoms with E-state index < -0.39 is 0 Å². The van der Waals surface area contributed by atoms with Crippen LogP contribution in [0.25, 0.3) is 0 Å². The van der Waals surface area contributed by atoms with E-state index in [4.69, 9.17) is 4.74 Å². The number of aromatic hydroxyl groups is 1. The molecule has 1 aromatic carbocycles. The summed E-state index contributed by atoms with van der Waals surface area (Å²) in [6.45, 7) is 1.43. The molecule has 0 heterocycles. The molecule has 0 saturated heterocycles. The number of hydrogen-bond acceptors (Lipinski definition) is 3. The number of carbonyl (C=O) groups is 1. The summed E-state index contributed by atoms with van der Waals surface area (Å²) in [4.78, 5) is 10.8. The van der Waals surface area contributed by atoms with Crippen LogP contribution in [0.15, 0.2) is 18.2 Å². The number of ether oxygens (including phenoxy) is 1. The molecule has 1 atom stereocenters. The van der Waals surface area contributed by atoms with Crippen LogP contribution in [-0.2, 0) is 22.4 Å². The SMILES string of the molecule is CC(=O)OC1CCc2ccc(O)cc2C1. The van der Waals surface area contributed by atoms with E-state index >= 15 is 0 Å². The lowest BCUT2D eigenvalue weighted by molar-refractivity contribution is -0.146. The van der Waals surface area contributed by atoms with E-state index in [1.165, 1.54) is 12.5 Å². The standard InChI is InChI=1S/C12H14O3/c1-8(13)15-12-5-3-9-2-4-11(14)6-10(9)7-12/h2,4,6,12,14H,3,5,7H2,1H3. The van der Waals surface area contributed by atoms with E-state index in [0.29, 0.717) is 6.42 Å². The molecule has 0 spiro atoms. The third-order valence-corrected chi connectivity index (χ3v) is 2.71. The Morgan fingerprint density at radius 1 is 1.47 bits per heavy atom. The second-order valence-corrected chi connectivity index (χ2v) is 3.93. The summed E-state index contributed by atoms with van der Waals surface area (Å²) in [6, 6.07) is 5.39. The fourth-order valence-corrected chi connectivity index (χ4v) is 2.05. The number of aryl methyl sites for hydroxylation is 1. The van der Waals surface area contributed by atoms with Crippen molar-refractivity contribution in [3.63, 3.8) is 0 Å². The van der Waals surface area contributed by atoms with Gasteiger partial charge in [0.1, 0.15) is 11.9 Å². The van der Waals surface area contributed by atoms with Gasteiger partial charge in [0.05, 0.1) is 0 Å². The molecule has 0 aliphatic heterocycles. The van der Waals surface area contributed by atoms with Gasteiger partial charge in [-0.05, 0) is 36.1 Å². The van der Waals surface area contributed by atoms with Crippen molar-refractivity contribution in [1.82, 2.24) is 0 Å². The summed E-state index contributed by atoms with van der Waals surface area (Å²) in [7, 11) is 0. The first-order valence-electron chi connectivity index (χ1n) is 5.13. The molecule has 1 aliphatic carbocycles. The number of fused-ring (bicyclic) bond motifs is 1. The van der Waals surface area contributed by atoms with Crippen molar-refractivity contribution in [2.75, 3.05) is 0 Å². The molecular formula is C12H14O3. The number of phenols is 1. The minimum atomic E-state index is -0.233. The van der Waals surface area contributed by atoms with Gasteiger partial charge in [-0.1, -0.05) is 6.07 Å². The highest BCUT2D eigenvalue weighted by atomic mass is 16.5. The number of hydrogen-bond donors (Lipinski definition) is 1. The van der Waals surface area contributed by atoms with E-state index in [1.54, 1.807) is 12.1 Å². The summed E-state index contributed by atoms with van der Waals surface area (Å²) in [5.41, 5.74) is 2.34. The van der Waals surface area contributed by atoms with Crippen molar-refractivity contribution >= 4 is 5.97 Å².